The number of carbonyl (C=O) groups excluding carboxylic acids is 2. The van der Waals surface area contributed by atoms with Crippen molar-refractivity contribution in [2.75, 3.05) is 19.8 Å². The van der Waals surface area contributed by atoms with Crippen LogP contribution in [0.5, 0.6) is 0 Å². The van der Waals surface area contributed by atoms with Crippen molar-refractivity contribution in [1.82, 2.24) is 15.5 Å². The van der Waals surface area contributed by atoms with Gasteiger partial charge in [0.05, 0.1) is 19.3 Å². The van der Waals surface area contributed by atoms with E-state index in [9.17, 15) is 35.1 Å². The van der Waals surface area contributed by atoms with E-state index in [-0.39, 0.29) is 12.5 Å². The monoisotopic (exact) mass is 420 g/mol. The van der Waals surface area contributed by atoms with Crippen LogP contribution in [0.3, 0.4) is 0 Å². The van der Waals surface area contributed by atoms with Crippen LogP contribution in [0, 0.1) is 5.41 Å². The summed E-state index contributed by atoms with van der Waals surface area (Å²) in [5.74, 6) is -1.28. The molecule has 29 heavy (non-hydrogen) atoms. The zero-order valence-corrected chi connectivity index (χ0v) is 15.3. The zero-order valence-electron chi connectivity index (χ0n) is 15.3. The summed E-state index contributed by atoms with van der Waals surface area (Å²) in [6.45, 7) is -1.49. The Balaban J connectivity index is 2.18. The maximum atomic E-state index is 12.1. The van der Waals surface area contributed by atoms with E-state index >= 15 is 0 Å². The molecule has 2 heterocycles. The van der Waals surface area contributed by atoms with E-state index in [4.69, 9.17) is 21.0 Å². The number of rotatable bonds is 8. The molecule has 11 N–H and O–H groups in total. The lowest BCUT2D eigenvalue weighted by Gasteiger charge is -2.46. The standard InChI is InChI=1S/C15H26N5O9/c16-8(13(28)19-5(2-21)3-22)9(24)6-1-18-15(17)20(6)14-12(27)11(26)10(25)7(4-23)29-14/h5-12,14,21,23-27H,1-2,4,16H2,(H2,17,18)(H,19,28). The second-order valence-electron chi connectivity index (χ2n) is 6.80. The average Bonchev–Trinajstić information content (AvgIpc) is 3.10. The molecule has 2 rings (SSSR count). The number of nitrogens with one attached hydrogen (secondary N) is 3. The second kappa shape index (κ2) is 9.73. The van der Waals surface area contributed by atoms with Gasteiger partial charge >= 0.3 is 0 Å². The third-order valence-electron chi connectivity index (χ3n) is 4.94. The number of hydrogen-bond acceptors (Lipinski definition) is 11. The number of nitrogens with two attached hydrogens (primary N) is 1. The molecule has 0 saturated carbocycles. The quantitative estimate of drug-likeness (QED) is 0.176. The van der Waals surface area contributed by atoms with Crippen molar-refractivity contribution in [2.45, 2.75) is 54.9 Å². The first-order chi connectivity index (χ1) is 13.7. The van der Waals surface area contributed by atoms with Crippen molar-refractivity contribution in [2.24, 2.45) is 5.73 Å². The van der Waals surface area contributed by atoms with E-state index in [2.05, 4.69) is 10.6 Å². The number of nitrogens with zero attached hydrogens (tertiary/aromatic N) is 1. The highest BCUT2D eigenvalue weighted by atomic mass is 16.6. The first kappa shape index (κ1) is 23.4. The fourth-order valence-corrected chi connectivity index (χ4v) is 3.24. The van der Waals surface area contributed by atoms with Crippen LogP contribution in [0.4, 0.5) is 0 Å². The molecular weight excluding hydrogens is 394 g/mol. The Kier molecular flexibility index (Phi) is 7.84. The van der Waals surface area contributed by atoms with Gasteiger partial charge in [0.25, 0.3) is 0 Å². The molecule has 0 aromatic rings. The Morgan fingerprint density at radius 1 is 1.34 bits per heavy atom. The van der Waals surface area contributed by atoms with Crippen LogP contribution in [-0.4, -0.2) is 128 Å². The van der Waals surface area contributed by atoms with Crippen LogP contribution < -0.4 is 16.4 Å². The van der Waals surface area contributed by atoms with Gasteiger partial charge in [-0.3, -0.25) is 15.0 Å². The molecule has 0 aliphatic carbocycles. The number of ether oxygens (including phenoxy) is 1. The molecule has 2 fully saturated rings. The fourth-order valence-electron chi connectivity index (χ4n) is 3.24. The van der Waals surface area contributed by atoms with Gasteiger partial charge in [-0.15, -0.1) is 0 Å². The highest BCUT2D eigenvalue weighted by Crippen LogP contribution is 2.27. The predicted octanol–water partition coefficient (Wildman–Crippen LogP) is -6.73. The molecule has 9 atom stereocenters. The number of carbonyl (C=O) groups is 1. The first-order valence-electron chi connectivity index (χ1n) is 8.81. The minimum absolute atomic E-state index is 0.0841. The molecule has 165 valence electrons. The van der Waals surface area contributed by atoms with E-state index in [0.29, 0.717) is 0 Å². The van der Waals surface area contributed by atoms with Crippen molar-refractivity contribution in [3.8, 4) is 0 Å². The van der Waals surface area contributed by atoms with Gasteiger partial charge in [-0.1, -0.05) is 0 Å². The minimum Gasteiger partial charge on any atom is -0.394 e. The average molecular weight is 420 g/mol. The summed E-state index contributed by atoms with van der Waals surface area (Å²) in [4.78, 5) is 23.8. The molecule has 2 saturated heterocycles. The van der Waals surface area contributed by atoms with Crippen LogP contribution in [-0.2, 0) is 14.3 Å². The Morgan fingerprint density at radius 2 is 2.00 bits per heavy atom. The molecule has 0 aromatic heterocycles. The van der Waals surface area contributed by atoms with Gasteiger partial charge in [-0.2, -0.15) is 0 Å². The lowest BCUT2D eigenvalue weighted by atomic mass is 9.96. The number of aliphatic hydroxyl groups is 6. The number of amides is 1. The summed E-state index contributed by atoms with van der Waals surface area (Å²) in [7, 11) is 0. The van der Waals surface area contributed by atoms with Gasteiger partial charge in [0.2, 0.25) is 12.2 Å². The largest absolute Gasteiger partial charge is 0.394 e. The summed E-state index contributed by atoms with van der Waals surface area (Å²) in [6.07, 6.45) is -7.97. The molecule has 0 aromatic carbocycles. The van der Waals surface area contributed by atoms with Crippen molar-refractivity contribution in [1.29, 1.82) is 5.41 Å². The molecule has 1 amide bonds. The Hall–Kier alpha value is -1.91. The molecule has 14 heteroatoms. The van der Waals surface area contributed by atoms with E-state index in [1.165, 1.54) is 6.29 Å². The van der Waals surface area contributed by atoms with Crippen LogP contribution in [0.25, 0.3) is 0 Å². The summed E-state index contributed by atoms with van der Waals surface area (Å²) in [5.41, 5.74) is 5.74. The van der Waals surface area contributed by atoms with E-state index in [1.54, 1.807) is 0 Å². The molecule has 2 aliphatic heterocycles. The SMILES string of the molecule is N=C1NCC(C(O)C(N)C(=O)NC([C]=O)CO)N1C1OC(CO)C(O)C(O)C1O. The lowest BCUT2D eigenvalue weighted by Crippen LogP contribution is -2.67. The molecule has 0 bridgehead atoms. The van der Waals surface area contributed by atoms with Gasteiger partial charge in [0.1, 0.15) is 42.6 Å². The van der Waals surface area contributed by atoms with Crippen molar-refractivity contribution < 1.29 is 45.0 Å². The zero-order chi connectivity index (χ0) is 21.9. The van der Waals surface area contributed by atoms with Gasteiger partial charge in [-0.25, -0.2) is 0 Å². The number of hydrogen-bond donors (Lipinski definition) is 10. The molecule has 0 spiro atoms. The summed E-state index contributed by atoms with van der Waals surface area (Å²) in [6, 6.07) is -4.01. The fraction of sp³-hybridized carbons (Fsp3) is 0.800. The first-order valence-corrected chi connectivity index (χ1v) is 8.81. The van der Waals surface area contributed by atoms with Crippen molar-refractivity contribution in [3.63, 3.8) is 0 Å². The van der Waals surface area contributed by atoms with Crippen LogP contribution in [0.1, 0.15) is 0 Å². The van der Waals surface area contributed by atoms with Crippen molar-refractivity contribution >= 4 is 18.2 Å². The number of aliphatic hydroxyl groups excluding tert-OH is 6. The third kappa shape index (κ3) is 4.65. The second-order valence-corrected chi connectivity index (χ2v) is 6.80. The highest BCUT2D eigenvalue weighted by molar-refractivity contribution is 5.85. The van der Waals surface area contributed by atoms with Crippen LogP contribution >= 0.6 is 0 Å². The van der Waals surface area contributed by atoms with Gasteiger partial charge in [0.15, 0.2) is 12.2 Å². The molecule has 1 radical (unpaired) electrons. The van der Waals surface area contributed by atoms with Crippen molar-refractivity contribution in [3.05, 3.63) is 0 Å². The minimum atomic E-state index is -1.71. The Labute approximate surface area is 165 Å². The molecule has 14 nitrogen and oxygen atoms in total. The predicted molar refractivity (Wildman–Crippen MR) is 93.8 cm³/mol. The Bertz CT molecular complexity index is 609. The van der Waals surface area contributed by atoms with Gasteiger partial charge < -0.3 is 56.6 Å². The third-order valence-corrected chi connectivity index (χ3v) is 4.94. The molecular formula is C15H26N5O9. The molecule has 9 unspecified atom stereocenters. The van der Waals surface area contributed by atoms with Crippen LogP contribution in [0.15, 0.2) is 0 Å². The smallest absolute Gasteiger partial charge is 0.240 e. The number of guanidine groups is 1. The van der Waals surface area contributed by atoms with Gasteiger partial charge in [0, 0.05) is 6.54 Å². The van der Waals surface area contributed by atoms with Crippen LogP contribution in [0.2, 0.25) is 0 Å². The summed E-state index contributed by atoms with van der Waals surface area (Å²) >= 11 is 0. The van der Waals surface area contributed by atoms with E-state index in [1.807, 2.05) is 0 Å². The lowest BCUT2D eigenvalue weighted by molar-refractivity contribution is -0.260. The summed E-state index contributed by atoms with van der Waals surface area (Å²) < 4.78 is 5.40. The molecule has 2 aliphatic rings. The maximum Gasteiger partial charge on any atom is 0.240 e. The van der Waals surface area contributed by atoms with Gasteiger partial charge in [-0.05, 0) is 0 Å². The maximum absolute atomic E-state index is 12.1. The highest BCUT2D eigenvalue weighted by Gasteiger charge is 2.51. The topological polar surface area (TPSA) is 242 Å². The Morgan fingerprint density at radius 3 is 2.55 bits per heavy atom. The summed E-state index contributed by atoms with van der Waals surface area (Å²) in [5, 5.41) is 71.7. The normalized spacial score (nSPS) is 35.6. The van der Waals surface area contributed by atoms with E-state index in [0.717, 1.165) is 4.90 Å². The van der Waals surface area contributed by atoms with E-state index < -0.39 is 74.0 Å².